The minimum Gasteiger partial charge on any atom is -0.481 e. The van der Waals surface area contributed by atoms with E-state index >= 15 is 0 Å². The fourth-order valence-corrected chi connectivity index (χ4v) is 0.818. The molecule has 0 saturated carbocycles. The van der Waals surface area contributed by atoms with Gasteiger partial charge in [-0.1, -0.05) is 6.92 Å². The van der Waals surface area contributed by atoms with E-state index in [-0.39, 0.29) is 18.8 Å². The van der Waals surface area contributed by atoms with Crippen LogP contribution in [-0.4, -0.2) is 17.0 Å². The number of hydrogen-bond donors (Lipinski definition) is 1. The van der Waals surface area contributed by atoms with Gasteiger partial charge >= 0.3 is 11.9 Å². The quantitative estimate of drug-likeness (QED) is 0.783. The first-order valence-corrected chi connectivity index (χ1v) is 3.74. The molecule has 0 amide bonds. The molecule has 0 aliphatic carbocycles. The number of carbonyl (C=O) groups is 2. The SMILES string of the molecule is CC(CC(=O)O)CC(=O)OBr. The van der Waals surface area contributed by atoms with Crippen molar-refractivity contribution in [3.8, 4) is 0 Å². The summed E-state index contributed by atoms with van der Waals surface area (Å²) in [6.45, 7) is 1.68. The summed E-state index contributed by atoms with van der Waals surface area (Å²) in [6.07, 6.45) is 0.111. The summed E-state index contributed by atoms with van der Waals surface area (Å²) in [4.78, 5) is 20.7. The lowest BCUT2D eigenvalue weighted by Crippen LogP contribution is -2.09. The highest BCUT2D eigenvalue weighted by Crippen LogP contribution is 2.09. The maximum absolute atomic E-state index is 10.5. The van der Waals surface area contributed by atoms with Crippen molar-refractivity contribution in [1.29, 1.82) is 0 Å². The molecule has 1 atom stereocenters. The topological polar surface area (TPSA) is 63.6 Å². The number of rotatable bonds is 4. The minimum absolute atomic E-state index is 0.0118. The van der Waals surface area contributed by atoms with E-state index in [1.165, 1.54) is 0 Å². The predicted octanol–water partition coefficient (Wildman–Crippen LogP) is 1.34. The van der Waals surface area contributed by atoms with E-state index in [2.05, 4.69) is 20.1 Å². The Kier molecular flexibility index (Phi) is 4.85. The summed E-state index contributed by atoms with van der Waals surface area (Å²) in [5.41, 5.74) is 0. The molecule has 0 saturated heterocycles. The van der Waals surface area contributed by atoms with Gasteiger partial charge in [-0.2, -0.15) is 0 Å². The van der Waals surface area contributed by atoms with Crippen LogP contribution in [0.3, 0.4) is 0 Å². The monoisotopic (exact) mass is 224 g/mol. The molecule has 0 aromatic heterocycles. The third-order valence-electron chi connectivity index (χ3n) is 1.12. The van der Waals surface area contributed by atoms with E-state index in [0.29, 0.717) is 0 Å². The van der Waals surface area contributed by atoms with Crippen molar-refractivity contribution in [3.63, 3.8) is 0 Å². The Balaban J connectivity index is 3.60. The Hall–Kier alpha value is -0.580. The van der Waals surface area contributed by atoms with Crippen LogP contribution >= 0.6 is 16.3 Å². The lowest BCUT2D eigenvalue weighted by molar-refractivity contribution is -0.138. The molecule has 1 N–H and O–H groups in total. The van der Waals surface area contributed by atoms with Crippen LogP contribution < -0.4 is 0 Å². The second kappa shape index (κ2) is 5.12. The highest BCUT2D eigenvalue weighted by molar-refractivity contribution is 9.06. The van der Waals surface area contributed by atoms with E-state index in [1.807, 2.05) is 0 Å². The van der Waals surface area contributed by atoms with Gasteiger partial charge in [0.25, 0.3) is 0 Å². The number of carboxylic acids is 1. The molecule has 0 aromatic carbocycles. The zero-order valence-corrected chi connectivity index (χ0v) is 7.63. The van der Waals surface area contributed by atoms with Crippen molar-refractivity contribution in [1.82, 2.24) is 0 Å². The van der Waals surface area contributed by atoms with Crippen molar-refractivity contribution >= 4 is 28.2 Å². The Morgan fingerprint density at radius 3 is 2.45 bits per heavy atom. The molecule has 64 valence electrons. The normalized spacial score (nSPS) is 12.2. The minimum atomic E-state index is -0.903. The van der Waals surface area contributed by atoms with Gasteiger partial charge in [-0.25, -0.2) is 0 Å². The van der Waals surface area contributed by atoms with Crippen LogP contribution in [0.4, 0.5) is 0 Å². The fraction of sp³-hybridized carbons (Fsp3) is 0.667. The molecule has 0 bridgehead atoms. The van der Waals surface area contributed by atoms with Gasteiger partial charge in [0.15, 0.2) is 16.3 Å². The molecule has 5 heteroatoms. The summed E-state index contributed by atoms with van der Waals surface area (Å²) < 4.78 is 4.18. The first-order chi connectivity index (χ1) is 5.06. The number of carbonyl (C=O) groups excluding carboxylic acids is 1. The lowest BCUT2D eigenvalue weighted by atomic mass is 10.1. The maximum atomic E-state index is 10.5. The van der Waals surface area contributed by atoms with Gasteiger partial charge in [0.1, 0.15) is 0 Å². The van der Waals surface area contributed by atoms with Gasteiger partial charge in [-0.05, 0) is 5.92 Å². The third kappa shape index (κ3) is 5.84. The van der Waals surface area contributed by atoms with E-state index in [1.54, 1.807) is 6.92 Å². The van der Waals surface area contributed by atoms with E-state index in [9.17, 15) is 9.59 Å². The van der Waals surface area contributed by atoms with Crippen LogP contribution in [0.2, 0.25) is 0 Å². The molecule has 0 radical (unpaired) electrons. The number of halogens is 1. The average molecular weight is 225 g/mol. The molecule has 0 aromatic rings. The molecule has 4 nitrogen and oxygen atoms in total. The van der Waals surface area contributed by atoms with Crippen molar-refractivity contribution in [2.24, 2.45) is 5.92 Å². The van der Waals surface area contributed by atoms with Gasteiger partial charge in [0, 0.05) is 12.8 Å². The second-order valence-electron chi connectivity index (χ2n) is 2.36. The molecule has 0 aliphatic heterocycles. The van der Waals surface area contributed by atoms with Crippen LogP contribution in [0.1, 0.15) is 19.8 Å². The molecule has 0 heterocycles. The largest absolute Gasteiger partial charge is 0.481 e. The third-order valence-corrected chi connectivity index (χ3v) is 1.49. The molecule has 1 unspecified atom stereocenters. The molecule has 0 aliphatic rings. The zero-order valence-electron chi connectivity index (χ0n) is 6.04. The van der Waals surface area contributed by atoms with Gasteiger partial charge in [-0.15, -0.1) is 0 Å². The van der Waals surface area contributed by atoms with Gasteiger partial charge in [0.05, 0.1) is 0 Å². The van der Waals surface area contributed by atoms with Crippen molar-refractivity contribution in [2.45, 2.75) is 19.8 Å². The number of carboxylic acid groups (broad SMARTS) is 1. The first-order valence-electron chi connectivity index (χ1n) is 3.09. The lowest BCUT2D eigenvalue weighted by Gasteiger charge is -2.03. The summed E-state index contributed by atoms with van der Waals surface area (Å²) in [5.74, 6) is -1.53. The first kappa shape index (κ1) is 10.4. The van der Waals surface area contributed by atoms with Crippen LogP contribution in [0.5, 0.6) is 0 Å². The number of aliphatic carboxylic acids is 1. The Morgan fingerprint density at radius 1 is 1.55 bits per heavy atom. The van der Waals surface area contributed by atoms with Gasteiger partial charge < -0.3 is 8.93 Å². The molecule has 0 fully saturated rings. The highest BCUT2D eigenvalue weighted by Gasteiger charge is 2.12. The van der Waals surface area contributed by atoms with Gasteiger partial charge in [-0.3, -0.25) is 9.59 Å². The van der Waals surface area contributed by atoms with Crippen LogP contribution in [-0.2, 0) is 13.4 Å². The van der Waals surface area contributed by atoms with Crippen molar-refractivity contribution < 1.29 is 18.5 Å². The molecule has 11 heavy (non-hydrogen) atoms. The zero-order chi connectivity index (χ0) is 8.85. The van der Waals surface area contributed by atoms with E-state index in [0.717, 1.165) is 0 Å². The standard InChI is InChI=1S/C6H9BrO4/c1-4(2-5(8)9)3-6(10)11-7/h4H,2-3H2,1H3,(H,8,9). The maximum Gasteiger partial charge on any atom is 0.317 e. The second-order valence-corrected chi connectivity index (χ2v) is 2.68. The summed E-state index contributed by atoms with van der Waals surface area (Å²) in [5, 5.41) is 8.31. The average Bonchev–Trinajstić information content (AvgIpc) is 1.85. The van der Waals surface area contributed by atoms with Gasteiger partial charge in [0.2, 0.25) is 0 Å². The Morgan fingerprint density at radius 2 is 2.09 bits per heavy atom. The molecular weight excluding hydrogens is 216 g/mol. The predicted molar refractivity (Wildman–Crippen MR) is 41.1 cm³/mol. The van der Waals surface area contributed by atoms with E-state index < -0.39 is 11.9 Å². The molecular formula is C6H9BrO4. The highest BCUT2D eigenvalue weighted by atomic mass is 79.9. The van der Waals surface area contributed by atoms with Crippen molar-refractivity contribution in [3.05, 3.63) is 0 Å². The summed E-state index contributed by atoms with van der Waals surface area (Å²) in [7, 11) is 0. The Bertz CT molecular complexity index is 157. The van der Waals surface area contributed by atoms with Crippen molar-refractivity contribution in [2.75, 3.05) is 0 Å². The van der Waals surface area contributed by atoms with Crippen LogP contribution in [0, 0.1) is 5.92 Å². The summed E-state index contributed by atoms with van der Waals surface area (Å²) >= 11 is 2.51. The fourth-order valence-electron chi connectivity index (χ4n) is 0.686. The van der Waals surface area contributed by atoms with Crippen LogP contribution in [0.15, 0.2) is 0 Å². The smallest absolute Gasteiger partial charge is 0.317 e. The van der Waals surface area contributed by atoms with Crippen LogP contribution in [0.25, 0.3) is 0 Å². The molecule has 0 rings (SSSR count). The van der Waals surface area contributed by atoms with E-state index in [4.69, 9.17) is 5.11 Å². The Labute approximate surface area is 73.0 Å². The summed E-state index contributed by atoms with van der Waals surface area (Å²) in [6, 6.07) is 0. The number of hydrogen-bond acceptors (Lipinski definition) is 3. The molecule has 0 spiro atoms.